The second kappa shape index (κ2) is 5.13. The molecule has 5 heteroatoms. The molecule has 100 valence electrons. The Morgan fingerprint density at radius 1 is 1.32 bits per heavy atom. The van der Waals surface area contributed by atoms with Crippen molar-refractivity contribution in [2.75, 3.05) is 5.32 Å². The third kappa shape index (κ3) is 3.20. The third-order valence-corrected chi connectivity index (χ3v) is 2.80. The van der Waals surface area contributed by atoms with Crippen molar-refractivity contribution < 1.29 is 4.79 Å². The molecule has 0 unspecified atom stereocenters. The van der Waals surface area contributed by atoms with Gasteiger partial charge in [-0.15, -0.1) is 0 Å². The lowest BCUT2D eigenvalue weighted by atomic mass is 10.1. The number of hydrogen-bond donors (Lipinski definition) is 1. The molecule has 1 aromatic heterocycles. The van der Waals surface area contributed by atoms with Crippen LogP contribution < -0.4 is 5.32 Å². The van der Waals surface area contributed by atoms with Gasteiger partial charge in [0.1, 0.15) is 6.29 Å². The van der Waals surface area contributed by atoms with Crippen LogP contribution in [0, 0.1) is 0 Å². The summed E-state index contributed by atoms with van der Waals surface area (Å²) in [4.78, 5) is 19.6. The molecule has 0 saturated carbocycles. The average molecular weight is 278 g/mol. The Morgan fingerprint density at radius 2 is 2.05 bits per heavy atom. The van der Waals surface area contributed by atoms with Gasteiger partial charge in [-0.25, -0.2) is 9.97 Å². The number of aromatic nitrogens is 2. The monoisotopic (exact) mass is 277 g/mol. The van der Waals surface area contributed by atoms with Crippen molar-refractivity contribution >= 4 is 34.7 Å². The van der Waals surface area contributed by atoms with Crippen LogP contribution in [0.15, 0.2) is 18.2 Å². The Balaban J connectivity index is 2.58. The predicted octanol–water partition coefficient (Wildman–Crippen LogP) is 3.24. The number of fused-ring (bicyclic) bond motifs is 1. The van der Waals surface area contributed by atoms with Crippen LogP contribution in [0.5, 0.6) is 0 Å². The molecule has 0 spiro atoms. The fraction of sp³-hybridized carbons (Fsp3) is 0.357. The fourth-order valence-electron chi connectivity index (χ4n) is 1.80. The standard InChI is InChI=1S/C14H16ClN3O/c1-14(2,3)18-13-12(15)16-10-6-4-5-9(7-8-19)11(10)17-13/h4-6,8H,7H2,1-3H3,(H,17,18). The van der Waals surface area contributed by atoms with Crippen LogP contribution in [-0.4, -0.2) is 21.8 Å². The maximum atomic E-state index is 10.7. The lowest BCUT2D eigenvalue weighted by Crippen LogP contribution is -2.27. The summed E-state index contributed by atoms with van der Waals surface area (Å²) >= 11 is 6.13. The highest BCUT2D eigenvalue weighted by atomic mass is 35.5. The quantitative estimate of drug-likeness (QED) is 0.875. The lowest BCUT2D eigenvalue weighted by Gasteiger charge is -2.22. The highest BCUT2D eigenvalue weighted by Gasteiger charge is 2.15. The topological polar surface area (TPSA) is 54.9 Å². The Hall–Kier alpha value is -1.68. The number of halogens is 1. The van der Waals surface area contributed by atoms with Gasteiger partial charge in [0, 0.05) is 12.0 Å². The summed E-state index contributed by atoms with van der Waals surface area (Å²) < 4.78 is 0. The predicted molar refractivity (Wildman–Crippen MR) is 77.7 cm³/mol. The molecule has 0 fully saturated rings. The molecule has 0 aliphatic heterocycles. The molecule has 19 heavy (non-hydrogen) atoms. The zero-order chi connectivity index (χ0) is 14.0. The van der Waals surface area contributed by atoms with Gasteiger partial charge in [0.15, 0.2) is 11.0 Å². The van der Waals surface area contributed by atoms with Crippen molar-refractivity contribution in [3.05, 3.63) is 28.9 Å². The first kappa shape index (κ1) is 13.7. The molecule has 0 atom stereocenters. The molecular formula is C14H16ClN3O. The normalized spacial score (nSPS) is 11.6. The van der Waals surface area contributed by atoms with E-state index < -0.39 is 0 Å². The van der Waals surface area contributed by atoms with Crippen LogP contribution in [0.4, 0.5) is 5.82 Å². The van der Waals surface area contributed by atoms with E-state index in [-0.39, 0.29) is 5.54 Å². The molecule has 0 amide bonds. The van der Waals surface area contributed by atoms with Crippen LogP contribution in [0.3, 0.4) is 0 Å². The molecule has 2 rings (SSSR count). The Morgan fingerprint density at radius 3 is 2.68 bits per heavy atom. The maximum absolute atomic E-state index is 10.7. The number of aldehydes is 1. The van der Waals surface area contributed by atoms with Crippen LogP contribution in [0.25, 0.3) is 11.0 Å². The van der Waals surface area contributed by atoms with Gasteiger partial charge >= 0.3 is 0 Å². The van der Waals surface area contributed by atoms with Crippen molar-refractivity contribution in [3.63, 3.8) is 0 Å². The Labute approximate surface area is 117 Å². The summed E-state index contributed by atoms with van der Waals surface area (Å²) in [5.74, 6) is 0.542. The molecule has 1 heterocycles. The summed E-state index contributed by atoms with van der Waals surface area (Å²) in [6.45, 7) is 6.06. The average Bonchev–Trinajstić information content (AvgIpc) is 2.29. The molecule has 0 saturated heterocycles. The number of nitrogens with zero attached hydrogens (tertiary/aromatic N) is 2. The van der Waals surface area contributed by atoms with Gasteiger partial charge < -0.3 is 10.1 Å². The Kier molecular flexibility index (Phi) is 3.71. The first-order valence-corrected chi connectivity index (χ1v) is 6.45. The zero-order valence-corrected chi connectivity index (χ0v) is 12.0. The SMILES string of the molecule is CC(C)(C)Nc1nc2c(CC=O)cccc2nc1Cl. The van der Waals surface area contributed by atoms with Gasteiger partial charge in [-0.3, -0.25) is 0 Å². The second-order valence-corrected chi connectivity index (χ2v) is 5.75. The minimum atomic E-state index is -0.161. The number of carbonyl (C=O) groups excluding carboxylic acids is 1. The van der Waals surface area contributed by atoms with Crippen molar-refractivity contribution in [1.82, 2.24) is 9.97 Å². The fourth-order valence-corrected chi connectivity index (χ4v) is 1.98. The van der Waals surface area contributed by atoms with E-state index in [1.165, 1.54) is 0 Å². The molecule has 0 aliphatic carbocycles. The van der Waals surface area contributed by atoms with E-state index in [2.05, 4.69) is 15.3 Å². The second-order valence-electron chi connectivity index (χ2n) is 5.39. The summed E-state index contributed by atoms with van der Waals surface area (Å²) in [5, 5.41) is 3.56. The highest BCUT2D eigenvalue weighted by Crippen LogP contribution is 2.25. The van der Waals surface area contributed by atoms with Gasteiger partial charge in [0.05, 0.1) is 11.0 Å². The van der Waals surface area contributed by atoms with E-state index in [1.54, 1.807) is 0 Å². The van der Waals surface area contributed by atoms with E-state index in [0.717, 1.165) is 11.8 Å². The molecule has 2 aromatic rings. The molecule has 0 radical (unpaired) electrons. The minimum Gasteiger partial charge on any atom is -0.363 e. The molecular weight excluding hydrogens is 262 g/mol. The van der Waals surface area contributed by atoms with Crippen LogP contribution >= 0.6 is 11.6 Å². The minimum absolute atomic E-state index is 0.161. The van der Waals surface area contributed by atoms with Gasteiger partial charge in [-0.2, -0.15) is 0 Å². The number of para-hydroxylation sites is 1. The summed E-state index contributed by atoms with van der Waals surface area (Å²) in [6, 6.07) is 5.56. The first-order valence-electron chi connectivity index (χ1n) is 6.07. The van der Waals surface area contributed by atoms with Gasteiger partial charge in [0.25, 0.3) is 0 Å². The number of anilines is 1. The van der Waals surface area contributed by atoms with Crippen molar-refractivity contribution in [2.24, 2.45) is 0 Å². The molecule has 1 aromatic carbocycles. The van der Waals surface area contributed by atoms with Crippen molar-refractivity contribution in [3.8, 4) is 0 Å². The first-order chi connectivity index (χ1) is 8.90. The van der Waals surface area contributed by atoms with E-state index in [9.17, 15) is 4.79 Å². The summed E-state index contributed by atoms with van der Waals surface area (Å²) in [6.07, 6.45) is 1.19. The van der Waals surface area contributed by atoms with Crippen LogP contribution in [0.2, 0.25) is 5.15 Å². The van der Waals surface area contributed by atoms with Crippen LogP contribution in [-0.2, 0) is 11.2 Å². The summed E-state index contributed by atoms with van der Waals surface area (Å²) in [5.41, 5.74) is 2.11. The maximum Gasteiger partial charge on any atom is 0.172 e. The number of benzene rings is 1. The highest BCUT2D eigenvalue weighted by molar-refractivity contribution is 6.32. The zero-order valence-electron chi connectivity index (χ0n) is 11.2. The van der Waals surface area contributed by atoms with Crippen molar-refractivity contribution in [1.29, 1.82) is 0 Å². The van der Waals surface area contributed by atoms with Gasteiger partial charge in [-0.1, -0.05) is 23.7 Å². The summed E-state index contributed by atoms with van der Waals surface area (Å²) in [7, 11) is 0. The largest absolute Gasteiger partial charge is 0.363 e. The molecule has 0 aliphatic rings. The number of carbonyl (C=O) groups is 1. The molecule has 1 N–H and O–H groups in total. The van der Waals surface area contributed by atoms with Gasteiger partial charge in [0.2, 0.25) is 0 Å². The van der Waals surface area contributed by atoms with E-state index in [0.29, 0.717) is 28.4 Å². The molecule has 4 nitrogen and oxygen atoms in total. The number of nitrogens with one attached hydrogen (secondary N) is 1. The third-order valence-electron chi connectivity index (χ3n) is 2.53. The smallest absolute Gasteiger partial charge is 0.172 e. The number of hydrogen-bond acceptors (Lipinski definition) is 4. The lowest BCUT2D eigenvalue weighted by molar-refractivity contribution is -0.107. The number of rotatable bonds is 3. The van der Waals surface area contributed by atoms with Gasteiger partial charge in [-0.05, 0) is 32.4 Å². The Bertz CT molecular complexity index is 620. The van der Waals surface area contributed by atoms with E-state index in [4.69, 9.17) is 11.6 Å². The van der Waals surface area contributed by atoms with E-state index in [1.807, 2.05) is 39.0 Å². The van der Waals surface area contributed by atoms with Crippen molar-refractivity contribution in [2.45, 2.75) is 32.7 Å². The molecule has 0 bridgehead atoms. The van der Waals surface area contributed by atoms with E-state index >= 15 is 0 Å². The van der Waals surface area contributed by atoms with Crippen LogP contribution in [0.1, 0.15) is 26.3 Å².